The SMILES string of the molecule is O=C(Nc1ccccc1)Oc1cn[nH]c1-c1cc(Cl)c(O)cc1O. The third-order valence-electron chi connectivity index (χ3n) is 3.16. The Balaban J connectivity index is 1.83. The van der Waals surface area contributed by atoms with E-state index in [0.717, 1.165) is 6.07 Å². The van der Waals surface area contributed by atoms with Crippen LogP contribution in [0.2, 0.25) is 5.02 Å². The number of H-pyrrole nitrogens is 1. The van der Waals surface area contributed by atoms with Gasteiger partial charge in [0.05, 0.1) is 11.2 Å². The zero-order valence-electron chi connectivity index (χ0n) is 12.2. The topological polar surface area (TPSA) is 107 Å². The van der Waals surface area contributed by atoms with Crippen molar-refractivity contribution < 1.29 is 19.7 Å². The van der Waals surface area contributed by atoms with Gasteiger partial charge in [0.1, 0.15) is 17.2 Å². The number of aromatic hydroxyl groups is 2. The number of phenolic OH excluding ortho intramolecular Hbond substituents is 2. The van der Waals surface area contributed by atoms with Crippen LogP contribution in [0.25, 0.3) is 11.3 Å². The lowest BCUT2D eigenvalue weighted by atomic mass is 10.1. The Labute approximate surface area is 141 Å². The molecule has 0 aliphatic carbocycles. The van der Waals surface area contributed by atoms with E-state index in [2.05, 4.69) is 15.5 Å². The van der Waals surface area contributed by atoms with Crippen LogP contribution in [0.5, 0.6) is 17.2 Å². The highest BCUT2D eigenvalue weighted by molar-refractivity contribution is 6.32. The molecule has 24 heavy (non-hydrogen) atoms. The average Bonchev–Trinajstić information content (AvgIpc) is 2.99. The molecule has 7 nitrogen and oxygen atoms in total. The molecule has 0 aliphatic heterocycles. The molecule has 0 radical (unpaired) electrons. The molecule has 1 amide bonds. The molecule has 2 aromatic carbocycles. The molecule has 1 heterocycles. The van der Waals surface area contributed by atoms with Gasteiger partial charge in [-0.15, -0.1) is 0 Å². The lowest BCUT2D eigenvalue weighted by Gasteiger charge is -2.09. The van der Waals surface area contributed by atoms with E-state index in [1.165, 1.54) is 12.3 Å². The van der Waals surface area contributed by atoms with Crippen LogP contribution in [0.1, 0.15) is 0 Å². The zero-order valence-corrected chi connectivity index (χ0v) is 12.9. The van der Waals surface area contributed by atoms with Gasteiger partial charge < -0.3 is 14.9 Å². The molecule has 0 saturated carbocycles. The van der Waals surface area contributed by atoms with E-state index in [1.54, 1.807) is 24.3 Å². The smallest absolute Gasteiger partial charge is 0.417 e. The molecule has 1 aromatic heterocycles. The van der Waals surface area contributed by atoms with Gasteiger partial charge >= 0.3 is 6.09 Å². The predicted molar refractivity (Wildman–Crippen MR) is 88.5 cm³/mol. The molecule has 0 aliphatic rings. The molecular weight excluding hydrogens is 334 g/mol. The maximum absolute atomic E-state index is 12.0. The number of para-hydroxylation sites is 1. The number of hydrogen-bond acceptors (Lipinski definition) is 5. The molecule has 0 bridgehead atoms. The summed E-state index contributed by atoms with van der Waals surface area (Å²) in [6, 6.07) is 11.2. The van der Waals surface area contributed by atoms with Crippen molar-refractivity contribution in [3.8, 4) is 28.5 Å². The Bertz CT molecular complexity index is 880. The van der Waals surface area contributed by atoms with Crippen LogP contribution in [0, 0.1) is 0 Å². The van der Waals surface area contributed by atoms with E-state index < -0.39 is 6.09 Å². The summed E-state index contributed by atoms with van der Waals surface area (Å²) in [7, 11) is 0. The first kappa shape index (κ1) is 15.7. The molecule has 0 saturated heterocycles. The maximum atomic E-state index is 12.0. The Morgan fingerprint density at radius 2 is 1.92 bits per heavy atom. The molecule has 3 aromatic rings. The highest BCUT2D eigenvalue weighted by Crippen LogP contribution is 2.39. The van der Waals surface area contributed by atoms with E-state index in [1.807, 2.05) is 6.07 Å². The minimum absolute atomic E-state index is 0.0390. The van der Waals surface area contributed by atoms with Crippen molar-refractivity contribution in [3.63, 3.8) is 0 Å². The van der Waals surface area contributed by atoms with Gasteiger partial charge in [0.2, 0.25) is 0 Å². The summed E-state index contributed by atoms with van der Waals surface area (Å²) in [5.74, 6) is -0.406. The van der Waals surface area contributed by atoms with E-state index in [9.17, 15) is 15.0 Å². The second kappa shape index (κ2) is 6.51. The quantitative estimate of drug-likeness (QED) is 0.578. The van der Waals surface area contributed by atoms with Crippen LogP contribution in [-0.2, 0) is 0 Å². The molecular formula is C16H12ClN3O4. The summed E-state index contributed by atoms with van der Waals surface area (Å²) in [5, 5.41) is 28.5. The lowest BCUT2D eigenvalue weighted by Crippen LogP contribution is -2.16. The molecule has 0 unspecified atom stereocenters. The first-order valence-electron chi connectivity index (χ1n) is 6.83. The van der Waals surface area contributed by atoms with Crippen LogP contribution >= 0.6 is 11.6 Å². The van der Waals surface area contributed by atoms with Gasteiger partial charge in [0.25, 0.3) is 0 Å². The first-order valence-corrected chi connectivity index (χ1v) is 7.21. The number of nitrogens with zero attached hydrogens (tertiary/aromatic N) is 1. The van der Waals surface area contributed by atoms with Crippen molar-refractivity contribution in [2.75, 3.05) is 5.32 Å². The molecule has 8 heteroatoms. The highest BCUT2D eigenvalue weighted by atomic mass is 35.5. The van der Waals surface area contributed by atoms with Crippen LogP contribution in [0.15, 0.2) is 48.7 Å². The van der Waals surface area contributed by atoms with Crippen LogP contribution in [-0.4, -0.2) is 26.5 Å². The van der Waals surface area contributed by atoms with Crippen molar-refractivity contribution in [2.24, 2.45) is 0 Å². The normalized spacial score (nSPS) is 10.4. The fourth-order valence-electron chi connectivity index (χ4n) is 2.06. The number of phenols is 2. The summed E-state index contributed by atoms with van der Waals surface area (Å²) >= 11 is 5.85. The van der Waals surface area contributed by atoms with Gasteiger partial charge in [-0.05, 0) is 18.2 Å². The van der Waals surface area contributed by atoms with Crippen molar-refractivity contribution in [2.45, 2.75) is 0 Å². The number of carbonyl (C=O) groups excluding carboxylic acids is 1. The van der Waals surface area contributed by atoms with Crippen molar-refractivity contribution in [3.05, 3.63) is 53.7 Å². The number of nitrogens with one attached hydrogen (secondary N) is 2. The van der Waals surface area contributed by atoms with Crippen molar-refractivity contribution in [1.82, 2.24) is 10.2 Å². The zero-order chi connectivity index (χ0) is 17.1. The molecule has 0 spiro atoms. The van der Waals surface area contributed by atoms with Gasteiger partial charge in [-0.1, -0.05) is 29.8 Å². The second-order valence-corrected chi connectivity index (χ2v) is 5.22. The van der Waals surface area contributed by atoms with E-state index in [4.69, 9.17) is 16.3 Å². The summed E-state index contributed by atoms with van der Waals surface area (Å²) in [6.07, 6.45) is 0.577. The first-order chi connectivity index (χ1) is 11.5. The molecule has 4 N–H and O–H groups in total. The standard InChI is InChI=1S/C16H12ClN3O4/c17-11-6-10(12(21)7-13(11)22)15-14(8-18-20-15)24-16(23)19-9-4-2-1-3-5-9/h1-8,21-22H,(H,18,20)(H,19,23). The molecule has 0 atom stereocenters. The third-order valence-corrected chi connectivity index (χ3v) is 3.46. The Kier molecular flexibility index (Phi) is 4.26. The minimum Gasteiger partial charge on any atom is -0.507 e. The predicted octanol–water partition coefficient (Wildman–Crippen LogP) is 3.75. The fraction of sp³-hybridized carbons (Fsp3) is 0. The second-order valence-electron chi connectivity index (χ2n) is 4.81. The monoisotopic (exact) mass is 345 g/mol. The lowest BCUT2D eigenvalue weighted by molar-refractivity contribution is 0.215. The van der Waals surface area contributed by atoms with Gasteiger partial charge in [-0.3, -0.25) is 10.4 Å². The molecule has 0 fully saturated rings. The Morgan fingerprint density at radius 1 is 1.17 bits per heavy atom. The Hall–Kier alpha value is -3.19. The fourth-order valence-corrected chi connectivity index (χ4v) is 2.22. The number of ether oxygens (including phenoxy) is 1. The summed E-state index contributed by atoms with van der Waals surface area (Å²) in [6.45, 7) is 0. The van der Waals surface area contributed by atoms with Crippen molar-refractivity contribution in [1.29, 1.82) is 0 Å². The maximum Gasteiger partial charge on any atom is 0.417 e. The summed E-state index contributed by atoms with van der Waals surface area (Å²) < 4.78 is 5.21. The number of benzene rings is 2. The number of hydrogen-bond donors (Lipinski definition) is 4. The third kappa shape index (κ3) is 3.26. The Morgan fingerprint density at radius 3 is 2.67 bits per heavy atom. The van der Waals surface area contributed by atoms with E-state index >= 15 is 0 Å². The largest absolute Gasteiger partial charge is 0.507 e. The summed E-state index contributed by atoms with van der Waals surface area (Å²) in [5.41, 5.74) is 1.05. The highest BCUT2D eigenvalue weighted by Gasteiger charge is 2.18. The number of carbonyl (C=O) groups is 1. The van der Waals surface area contributed by atoms with Gasteiger partial charge in [0, 0.05) is 17.3 Å². The minimum atomic E-state index is -0.715. The van der Waals surface area contributed by atoms with Gasteiger partial charge in [0.15, 0.2) is 5.75 Å². The number of amides is 1. The van der Waals surface area contributed by atoms with Crippen LogP contribution < -0.4 is 10.1 Å². The van der Waals surface area contributed by atoms with Crippen LogP contribution in [0.3, 0.4) is 0 Å². The van der Waals surface area contributed by atoms with Gasteiger partial charge in [-0.25, -0.2) is 4.79 Å². The molecule has 3 rings (SSSR count). The number of halogens is 1. The number of aromatic nitrogens is 2. The molecule has 122 valence electrons. The summed E-state index contributed by atoms with van der Waals surface area (Å²) in [4.78, 5) is 12.0. The van der Waals surface area contributed by atoms with Crippen LogP contribution in [0.4, 0.5) is 10.5 Å². The van der Waals surface area contributed by atoms with E-state index in [-0.39, 0.29) is 33.5 Å². The number of anilines is 1. The van der Waals surface area contributed by atoms with Gasteiger partial charge in [-0.2, -0.15) is 5.10 Å². The number of rotatable bonds is 3. The van der Waals surface area contributed by atoms with Crippen molar-refractivity contribution >= 4 is 23.4 Å². The number of aromatic amines is 1. The average molecular weight is 346 g/mol. The van der Waals surface area contributed by atoms with E-state index in [0.29, 0.717) is 5.69 Å².